The van der Waals surface area contributed by atoms with Crippen LogP contribution in [0.15, 0.2) is 69.3 Å². The van der Waals surface area contributed by atoms with Crippen LogP contribution in [0.1, 0.15) is 31.9 Å². The van der Waals surface area contributed by atoms with Gasteiger partial charge in [-0.15, -0.1) is 0 Å². The predicted octanol–water partition coefficient (Wildman–Crippen LogP) is 2.83. The lowest BCUT2D eigenvalue weighted by atomic mass is 10.2. The minimum Gasteiger partial charge on any atom is -0.317 e. The van der Waals surface area contributed by atoms with Crippen LogP contribution in [0.25, 0.3) is 16.7 Å². The molecule has 0 spiro atoms. The number of hydrogen-bond donors (Lipinski definition) is 1. The van der Waals surface area contributed by atoms with Crippen molar-refractivity contribution in [2.75, 3.05) is 5.73 Å². The Morgan fingerprint density at radius 2 is 1.87 bits per heavy atom. The summed E-state index contributed by atoms with van der Waals surface area (Å²) in [4.78, 5) is 18.0. The normalized spacial score (nSPS) is 13.0. The summed E-state index contributed by atoms with van der Waals surface area (Å²) in [6.07, 6.45) is 2.38. The Labute approximate surface area is 174 Å². The molecule has 3 heterocycles. The monoisotopic (exact) mass is 423 g/mol. The molecule has 0 radical (unpaired) electrons. The SMILES string of the molecule is CC[C@@H](C)[n+]1c(N)c(S(=O)(=O)c2ccccc2)cc2c(=O)n3cc(C)ccc3nc21. The molecule has 30 heavy (non-hydrogen) atoms. The molecule has 0 bridgehead atoms. The van der Waals surface area contributed by atoms with Gasteiger partial charge in [0.05, 0.1) is 10.9 Å². The van der Waals surface area contributed by atoms with Crippen molar-refractivity contribution in [1.29, 1.82) is 0 Å². The van der Waals surface area contributed by atoms with Crippen molar-refractivity contribution in [2.45, 2.75) is 43.0 Å². The van der Waals surface area contributed by atoms with E-state index in [1.807, 2.05) is 26.8 Å². The third kappa shape index (κ3) is 3.04. The Kier molecular flexibility index (Phi) is 4.82. The van der Waals surface area contributed by atoms with Crippen LogP contribution in [0.2, 0.25) is 0 Å². The van der Waals surface area contributed by atoms with E-state index in [0.29, 0.717) is 17.7 Å². The molecule has 1 aromatic carbocycles. The van der Waals surface area contributed by atoms with Gasteiger partial charge in [0.25, 0.3) is 11.2 Å². The molecule has 0 saturated carbocycles. The second-order valence-corrected chi connectivity index (χ2v) is 9.34. The number of sulfone groups is 1. The topological polar surface area (TPSA) is 98.4 Å². The summed E-state index contributed by atoms with van der Waals surface area (Å²) in [6, 6.07) is 12.9. The van der Waals surface area contributed by atoms with E-state index in [-0.39, 0.29) is 32.6 Å². The standard InChI is InChI=1S/C22H22N4O3S/c1-4-15(3)26-20(23)18(30(28,29)16-8-6-5-7-9-16)12-17-21(26)24-19-11-10-14(2)13-25(19)22(17)27/h5-13,15,23H,4H2,1-3H3/p+1/t15-/m1/s1. The van der Waals surface area contributed by atoms with Crippen molar-refractivity contribution in [3.63, 3.8) is 0 Å². The highest BCUT2D eigenvalue weighted by Crippen LogP contribution is 2.27. The van der Waals surface area contributed by atoms with Crippen LogP contribution in [-0.4, -0.2) is 17.8 Å². The minimum absolute atomic E-state index is 0.0732. The number of hydrogen-bond acceptors (Lipinski definition) is 5. The maximum atomic E-state index is 13.4. The third-order valence-electron chi connectivity index (χ3n) is 5.38. The van der Waals surface area contributed by atoms with Gasteiger partial charge in [-0.25, -0.2) is 13.0 Å². The van der Waals surface area contributed by atoms with Gasteiger partial charge >= 0.3 is 0 Å². The first-order chi connectivity index (χ1) is 14.3. The summed E-state index contributed by atoms with van der Waals surface area (Å²) in [6.45, 7) is 5.77. The second-order valence-electron chi connectivity index (χ2n) is 7.43. The zero-order valence-corrected chi connectivity index (χ0v) is 17.8. The Morgan fingerprint density at radius 1 is 1.17 bits per heavy atom. The number of nitrogen functional groups attached to an aromatic ring is 1. The zero-order chi connectivity index (χ0) is 21.6. The average molecular weight is 424 g/mol. The van der Waals surface area contributed by atoms with Crippen molar-refractivity contribution in [3.05, 3.63) is 70.6 Å². The van der Waals surface area contributed by atoms with Gasteiger partial charge in [0.15, 0.2) is 0 Å². The second kappa shape index (κ2) is 7.21. The van der Waals surface area contributed by atoms with Crippen LogP contribution in [0, 0.1) is 6.92 Å². The summed E-state index contributed by atoms with van der Waals surface area (Å²) in [7, 11) is -3.93. The van der Waals surface area contributed by atoms with Crippen molar-refractivity contribution in [3.8, 4) is 0 Å². The van der Waals surface area contributed by atoms with E-state index in [0.717, 1.165) is 5.56 Å². The number of pyridine rings is 2. The molecule has 0 fully saturated rings. The van der Waals surface area contributed by atoms with Crippen molar-refractivity contribution < 1.29 is 13.0 Å². The maximum absolute atomic E-state index is 13.4. The van der Waals surface area contributed by atoms with Crippen LogP contribution in [0.5, 0.6) is 0 Å². The summed E-state index contributed by atoms with van der Waals surface area (Å²) in [5, 5.41) is 0.210. The van der Waals surface area contributed by atoms with E-state index in [1.54, 1.807) is 35.0 Å². The van der Waals surface area contributed by atoms with Gasteiger partial charge in [-0.05, 0) is 50.1 Å². The van der Waals surface area contributed by atoms with Crippen LogP contribution in [-0.2, 0) is 9.84 Å². The Bertz CT molecular complexity index is 1440. The first kappa shape index (κ1) is 20.0. The smallest absolute Gasteiger partial charge is 0.278 e. The molecule has 0 amide bonds. The molecular formula is C22H23N4O3S+. The molecule has 0 unspecified atom stereocenters. The Morgan fingerprint density at radius 3 is 2.53 bits per heavy atom. The van der Waals surface area contributed by atoms with E-state index in [2.05, 4.69) is 4.98 Å². The van der Waals surface area contributed by atoms with Crippen molar-refractivity contribution in [1.82, 2.24) is 9.38 Å². The molecular weight excluding hydrogens is 400 g/mol. The quantitative estimate of drug-likeness (QED) is 0.402. The highest BCUT2D eigenvalue weighted by Gasteiger charge is 2.30. The molecule has 154 valence electrons. The summed E-state index contributed by atoms with van der Waals surface area (Å²) >= 11 is 0. The van der Waals surface area contributed by atoms with Gasteiger partial charge in [-0.1, -0.05) is 36.2 Å². The highest BCUT2D eigenvalue weighted by atomic mass is 32.2. The van der Waals surface area contributed by atoms with Gasteiger partial charge in [0.2, 0.25) is 21.3 Å². The van der Waals surface area contributed by atoms with E-state index in [1.165, 1.54) is 22.6 Å². The van der Waals surface area contributed by atoms with Crippen molar-refractivity contribution in [2.24, 2.45) is 0 Å². The molecule has 4 aromatic rings. The number of rotatable bonds is 4. The van der Waals surface area contributed by atoms with E-state index >= 15 is 0 Å². The Hall–Kier alpha value is -3.26. The number of aromatic nitrogens is 3. The average Bonchev–Trinajstić information content (AvgIpc) is 2.74. The molecule has 0 aliphatic rings. The molecule has 3 aromatic heterocycles. The van der Waals surface area contributed by atoms with Gasteiger partial charge in [0.1, 0.15) is 10.3 Å². The molecule has 7 nitrogen and oxygen atoms in total. The minimum atomic E-state index is -3.93. The lowest BCUT2D eigenvalue weighted by molar-refractivity contribution is -0.684. The highest BCUT2D eigenvalue weighted by molar-refractivity contribution is 7.91. The van der Waals surface area contributed by atoms with Crippen LogP contribution >= 0.6 is 0 Å². The zero-order valence-electron chi connectivity index (χ0n) is 17.0. The lowest BCUT2D eigenvalue weighted by Gasteiger charge is -2.16. The van der Waals surface area contributed by atoms with Gasteiger partial charge in [0, 0.05) is 6.20 Å². The number of nitrogens with zero attached hydrogens (tertiary/aromatic N) is 3. The fraction of sp³-hybridized carbons (Fsp3) is 0.227. The molecule has 0 aliphatic heterocycles. The number of anilines is 1. The molecule has 0 aliphatic carbocycles. The molecule has 2 N–H and O–H groups in total. The van der Waals surface area contributed by atoms with Gasteiger partial charge in [-0.2, -0.15) is 0 Å². The van der Waals surface area contributed by atoms with Crippen LogP contribution in [0.3, 0.4) is 0 Å². The van der Waals surface area contributed by atoms with E-state index in [9.17, 15) is 13.2 Å². The number of benzene rings is 1. The van der Waals surface area contributed by atoms with Gasteiger partial charge in [-0.3, -0.25) is 9.20 Å². The molecule has 8 heteroatoms. The molecule has 1 atom stereocenters. The molecule has 4 rings (SSSR count). The number of fused-ring (bicyclic) bond motifs is 2. The van der Waals surface area contributed by atoms with Gasteiger partial charge < -0.3 is 5.73 Å². The number of nitrogens with two attached hydrogens (primary N) is 1. The Balaban J connectivity index is 2.18. The summed E-state index contributed by atoms with van der Waals surface area (Å²) in [5.41, 5.74) is 7.82. The fourth-order valence-electron chi connectivity index (χ4n) is 3.57. The molecule has 0 saturated heterocycles. The first-order valence-electron chi connectivity index (χ1n) is 9.72. The number of aryl methyl sites for hydroxylation is 1. The van der Waals surface area contributed by atoms with E-state index in [4.69, 9.17) is 5.73 Å². The van der Waals surface area contributed by atoms with Crippen LogP contribution < -0.4 is 15.9 Å². The summed E-state index contributed by atoms with van der Waals surface area (Å²) < 4.78 is 29.8. The maximum Gasteiger partial charge on any atom is 0.278 e. The first-order valence-corrected chi connectivity index (χ1v) is 11.2. The fourth-order valence-corrected chi connectivity index (χ4v) is 4.98. The summed E-state index contributed by atoms with van der Waals surface area (Å²) in [5.74, 6) is 0.0732. The largest absolute Gasteiger partial charge is 0.317 e. The van der Waals surface area contributed by atoms with Crippen molar-refractivity contribution >= 4 is 32.3 Å². The predicted molar refractivity (Wildman–Crippen MR) is 115 cm³/mol. The van der Waals surface area contributed by atoms with Crippen LogP contribution in [0.4, 0.5) is 5.82 Å². The van der Waals surface area contributed by atoms with E-state index < -0.39 is 9.84 Å². The third-order valence-corrected chi connectivity index (χ3v) is 7.17. The lowest BCUT2D eigenvalue weighted by Crippen LogP contribution is -2.44.